The van der Waals surface area contributed by atoms with E-state index in [9.17, 15) is 0 Å². The predicted molar refractivity (Wildman–Crippen MR) is 100 cm³/mol. The Bertz CT molecular complexity index is 466. The maximum absolute atomic E-state index is 6.19. The molecule has 0 atom stereocenters. The molecular formula is C21H35NO2. The highest BCUT2D eigenvalue weighted by molar-refractivity contribution is 5.16. The van der Waals surface area contributed by atoms with Crippen molar-refractivity contribution in [3.05, 3.63) is 35.9 Å². The van der Waals surface area contributed by atoms with Crippen LogP contribution in [0.2, 0.25) is 0 Å². The molecule has 3 nitrogen and oxygen atoms in total. The molecule has 1 aromatic rings. The van der Waals surface area contributed by atoms with Gasteiger partial charge in [-0.1, -0.05) is 30.3 Å². The lowest BCUT2D eigenvalue weighted by Crippen LogP contribution is -2.61. The van der Waals surface area contributed by atoms with Crippen LogP contribution in [0, 0.1) is 0 Å². The topological polar surface area (TPSA) is 21.7 Å². The van der Waals surface area contributed by atoms with Crippen LogP contribution in [-0.2, 0) is 16.0 Å². The third-order valence-electron chi connectivity index (χ3n) is 5.09. The summed E-state index contributed by atoms with van der Waals surface area (Å²) in [7, 11) is 0. The molecule has 0 saturated carbocycles. The maximum Gasteiger partial charge on any atom is 0.0610 e. The molecule has 1 saturated heterocycles. The molecule has 0 bridgehead atoms. The summed E-state index contributed by atoms with van der Waals surface area (Å²) >= 11 is 0. The van der Waals surface area contributed by atoms with Crippen molar-refractivity contribution in [3.8, 4) is 0 Å². The number of likely N-dealkylation sites (tertiary alicyclic amines) is 1. The second kappa shape index (κ2) is 8.46. The molecule has 0 radical (unpaired) electrons. The van der Waals surface area contributed by atoms with E-state index < -0.39 is 0 Å². The summed E-state index contributed by atoms with van der Waals surface area (Å²) in [6.45, 7) is 14.8. The zero-order chi connectivity index (χ0) is 17.6. The average Bonchev–Trinajstić information content (AvgIpc) is 2.51. The van der Waals surface area contributed by atoms with Gasteiger partial charge in [-0.25, -0.2) is 0 Å². The normalized spacial score (nSPS) is 21.0. The van der Waals surface area contributed by atoms with Gasteiger partial charge in [0.25, 0.3) is 0 Å². The molecule has 0 aliphatic carbocycles. The molecule has 1 aromatic carbocycles. The third kappa shape index (κ3) is 5.30. The van der Waals surface area contributed by atoms with E-state index in [1.807, 2.05) is 6.92 Å². The molecule has 136 valence electrons. The van der Waals surface area contributed by atoms with Crippen molar-refractivity contribution >= 4 is 0 Å². The van der Waals surface area contributed by atoms with Gasteiger partial charge in [0, 0.05) is 37.4 Å². The quantitative estimate of drug-likeness (QED) is 0.646. The Hall–Kier alpha value is -0.900. The number of ether oxygens (including phenoxy) is 2. The number of nitrogens with zero attached hydrogens (tertiary/aromatic N) is 1. The molecule has 0 N–H and O–H groups in total. The van der Waals surface area contributed by atoms with Gasteiger partial charge in [0.2, 0.25) is 0 Å². The summed E-state index contributed by atoms with van der Waals surface area (Å²) in [6.07, 6.45) is 3.48. The fourth-order valence-electron chi connectivity index (χ4n) is 4.09. The number of benzene rings is 1. The second-order valence-corrected chi connectivity index (χ2v) is 8.15. The third-order valence-corrected chi connectivity index (χ3v) is 5.09. The summed E-state index contributed by atoms with van der Waals surface area (Å²) in [5, 5.41) is 0. The first kappa shape index (κ1) is 19.4. The summed E-state index contributed by atoms with van der Waals surface area (Å²) in [6, 6.07) is 10.8. The molecule has 24 heavy (non-hydrogen) atoms. The average molecular weight is 334 g/mol. The van der Waals surface area contributed by atoms with E-state index in [-0.39, 0.29) is 11.1 Å². The van der Waals surface area contributed by atoms with Crippen LogP contribution in [-0.4, -0.2) is 41.9 Å². The van der Waals surface area contributed by atoms with Crippen LogP contribution in [0.15, 0.2) is 30.3 Å². The first-order valence-electron chi connectivity index (χ1n) is 9.36. The highest BCUT2D eigenvalue weighted by Gasteiger charge is 2.45. The van der Waals surface area contributed by atoms with Gasteiger partial charge in [-0.2, -0.15) is 0 Å². The van der Waals surface area contributed by atoms with Gasteiger partial charge in [-0.3, -0.25) is 4.90 Å². The largest absolute Gasteiger partial charge is 0.382 e. The SMILES string of the molecule is CCOCCCOC1CC(C)(C)N(Cc2ccccc2)C(C)(C)C1. The van der Waals surface area contributed by atoms with Crippen LogP contribution >= 0.6 is 0 Å². The lowest BCUT2D eigenvalue weighted by molar-refractivity contribution is -0.110. The van der Waals surface area contributed by atoms with Gasteiger partial charge in [0.05, 0.1) is 6.10 Å². The summed E-state index contributed by atoms with van der Waals surface area (Å²) in [4.78, 5) is 2.65. The van der Waals surface area contributed by atoms with Crippen molar-refractivity contribution in [2.24, 2.45) is 0 Å². The molecule has 1 aliphatic rings. The number of piperidine rings is 1. The molecule has 1 heterocycles. The Balaban J connectivity index is 1.95. The predicted octanol–water partition coefficient (Wildman–Crippen LogP) is 4.65. The van der Waals surface area contributed by atoms with Crippen molar-refractivity contribution in [2.45, 2.75) is 77.6 Å². The standard InChI is InChI=1S/C21H35NO2/c1-6-23-13-10-14-24-19-15-20(2,3)22(21(4,5)16-19)17-18-11-8-7-9-12-18/h7-9,11-12,19H,6,10,13-17H2,1-5H3. The molecule has 0 aromatic heterocycles. The van der Waals surface area contributed by atoms with Crippen LogP contribution in [0.25, 0.3) is 0 Å². The molecule has 0 unspecified atom stereocenters. The van der Waals surface area contributed by atoms with E-state index in [1.54, 1.807) is 0 Å². The maximum atomic E-state index is 6.19. The van der Waals surface area contributed by atoms with Crippen molar-refractivity contribution in [2.75, 3.05) is 19.8 Å². The van der Waals surface area contributed by atoms with Crippen LogP contribution in [0.5, 0.6) is 0 Å². The molecule has 2 rings (SSSR count). The van der Waals surface area contributed by atoms with E-state index >= 15 is 0 Å². The van der Waals surface area contributed by atoms with Crippen LogP contribution in [0.3, 0.4) is 0 Å². The first-order valence-corrected chi connectivity index (χ1v) is 9.36. The van der Waals surface area contributed by atoms with E-state index in [0.29, 0.717) is 6.10 Å². The van der Waals surface area contributed by atoms with E-state index in [4.69, 9.17) is 9.47 Å². The molecule has 1 aliphatic heterocycles. The van der Waals surface area contributed by atoms with Crippen LogP contribution < -0.4 is 0 Å². The van der Waals surface area contributed by atoms with Gasteiger partial charge in [0.15, 0.2) is 0 Å². The smallest absolute Gasteiger partial charge is 0.0610 e. The van der Waals surface area contributed by atoms with Crippen molar-refractivity contribution in [1.82, 2.24) is 4.90 Å². The Morgan fingerprint density at radius 3 is 2.21 bits per heavy atom. The zero-order valence-electron chi connectivity index (χ0n) is 16.2. The van der Waals surface area contributed by atoms with E-state index in [1.165, 1.54) is 5.56 Å². The molecule has 0 amide bonds. The van der Waals surface area contributed by atoms with Gasteiger partial charge < -0.3 is 9.47 Å². The Morgan fingerprint density at radius 1 is 1.00 bits per heavy atom. The first-order chi connectivity index (χ1) is 11.3. The minimum Gasteiger partial charge on any atom is -0.382 e. The second-order valence-electron chi connectivity index (χ2n) is 8.15. The van der Waals surface area contributed by atoms with E-state index in [0.717, 1.165) is 45.6 Å². The zero-order valence-corrected chi connectivity index (χ0v) is 16.2. The minimum absolute atomic E-state index is 0.127. The Morgan fingerprint density at radius 2 is 1.62 bits per heavy atom. The fourth-order valence-corrected chi connectivity index (χ4v) is 4.09. The van der Waals surface area contributed by atoms with Crippen LogP contribution in [0.4, 0.5) is 0 Å². The number of hydrogen-bond acceptors (Lipinski definition) is 3. The van der Waals surface area contributed by atoms with Crippen molar-refractivity contribution in [1.29, 1.82) is 0 Å². The van der Waals surface area contributed by atoms with E-state index in [2.05, 4.69) is 62.9 Å². The summed E-state index contributed by atoms with van der Waals surface area (Å²) in [5.41, 5.74) is 1.64. The van der Waals surface area contributed by atoms with Crippen molar-refractivity contribution < 1.29 is 9.47 Å². The summed E-state index contributed by atoms with van der Waals surface area (Å²) in [5.74, 6) is 0. The molecule has 3 heteroatoms. The lowest BCUT2D eigenvalue weighted by atomic mass is 9.77. The van der Waals surface area contributed by atoms with Crippen LogP contribution in [0.1, 0.15) is 59.4 Å². The Kier molecular flexibility index (Phi) is 6.85. The highest BCUT2D eigenvalue weighted by atomic mass is 16.5. The number of hydrogen-bond donors (Lipinski definition) is 0. The lowest BCUT2D eigenvalue weighted by Gasteiger charge is -2.55. The Labute approximate surface area is 148 Å². The van der Waals surface area contributed by atoms with Gasteiger partial charge in [0.1, 0.15) is 0 Å². The minimum atomic E-state index is 0.127. The molecular weight excluding hydrogens is 298 g/mol. The van der Waals surface area contributed by atoms with Gasteiger partial charge >= 0.3 is 0 Å². The fraction of sp³-hybridized carbons (Fsp3) is 0.714. The summed E-state index contributed by atoms with van der Waals surface area (Å²) < 4.78 is 11.6. The number of rotatable bonds is 8. The molecule has 0 spiro atoms. The molecule has 1 fully saturated rings. The van der Waals surface area contributed by atoms with Crippen molar-refractivity contribution in [3.63, 3.8) is 0 Å². The van der Waals surface area contributed by atoms with Gasteiger partial charge in [-0.15, -0.1) is 0 Å². The monoisotopic (exact) mass is 333 g/mol. The van der Waals surface area contributed by atoms with Gasteiger partial charge in [-0.05, 0) is 59.4 Å². The highest BCUT2D eigenvalue weighted by Crippen LogP contribution is 2.40.